The summed E-state index contributed by atoms with van der Waals surface area (Å²) >= 11 is 0. The minimum Gasteiger partial charge on any atom is -1.00 e. The van der Waals surface area contributed by atoms with E-state index in [1.165, 1.54) is 44.5 Å². The average molecular weight is 715 g/mol. The SMILES string of the molecule is CCOCC.COc1ccc(OC)c2c1C(C)=C(C)C2(C)[PH+](C(C)C)C(C)C.COc1ccc(OC)c2c1C(C)=C(C)C2C.FB(F)F.[F-]. The van der Waals surface area contributed by atoms with Crippen molar-refractivity contribution < 1.29 is 41.3 Å². The zero-order chi connectivity index (χ0) is 37.1. The van der Waals surface area contributed by atoms with Gasteiger partial charge >= 0.3 is 7.54 Å². The molecule has 0 aliphatic heterocycles. The highest BCUT2D eigenvalue weighted by atomic mass is 31.1. The van der Waals surface area contributed by atoms with Gasteiger partial charge in [-0.15, -0.1) is 0 Å². The van der Waals surface area contributed by atoms with Crippen molar-refractivity contribution in [1.29, 1.82) is 0 Å². The lowest BCUT2D eigenvalue weighted by molar-refractivity contribution is -0.0000153. The molecule has 49 heavy (non-hydrogen) atoms. The molecule has 4 rings (SSSR count). The maximum atomic E-state index is 9.67. The second-order valence-electron chi connectivity index (χ2n) is 12.7. The van der Waals surface area contributed by atoms with Gasteiger partial charge in [-0.05, 0) is 117 Å². The first-order chi connectivity index (χ1) is 22.5. The van der Waals surface area contributed by atoms with E-state index < -0.39 is 15.5 Å². The zero-order valence-corrected chi connectivity index (χ0v) is 33.6. The average Bonchev–Trinajstić information content (AvgIpc) is 3.38. The van der Waals surface area contributed by atoms with Crippen LogP contribution in [0, 0.1) is 0 Å². The van der Waals surface area contributed by atoms with Crippen LogP contribution in [0.25, 0.3) is 11.1 Å². The molecular formula is C38H60BF4O5P. The van der Waals surface area contributed by atoms with Gasteiger partial charge in [0, 0.05) is 43.7 Å². The molecular weight excluding hydrogens is 654 g/mol. The van der Waals surface area contributed by atoms with Gasteiger partial charge in [0.15, 0.2) is 0 Å². The molecule has 0 aromatic heterocycles. The van der Waals surface area contributed by atoms with Crippen LogP contribution >= 0.6 is 7.92 Å². The van der Waals surface area contributed by atoms with Crippen molar-refractivity contribution in [3.8, 4) is 23.0 Å². The Bertz CT molecular complexity index is 1400. The van der Waals surface area contributed by atoms with Crippen molar-refractivity contribution >= 4 is 26.6 Å². The van der Waals surface area contributed by atoms with Crippen LogP contribution in [0.4, 0.5) is 12.9 Å². The summed E-state index contributed by atoms with van der Waals surface area (Å²) < 4.78 is 56.2. The summed E-state index contributed by atoms with van der Waals surface area (Å²) in [6, 6.07) is 8.08. The van der Waals surface area contributed by atoms with Gasteiger partial charge in [-0.2, -0.15) is 0 Å². The largest absolute Gasteiger partial charge is 1.00 e. The molecule has 2 aromatic rings. The minimum absolute atomic E-state index is 0. The highest BCUT2D eigenvalue weighted by Gasteiger charge is 2.54. The van der Waals surface area contributed by atoms with E-state index in [1.54, 1.807) is 28.4 Å². The summed E-state index contributed by atoms with van der Waals surface area (Å²) in [6.45, 7) is 28.7. The number of rotatable bonds is 9. The van der Waals surface area contributed by atoms with E-state index in [0.29, 0.717) is 17.2 Å². The van der Waals surface area contributed by atoms with Crippen LogP contribution in [-0.4, -0.2) is 60.5 Å². The van der Waals surface area contributed by atoms with E-state index in [1.807, 2.05) is 32.0 Å². The topological polar surface area (TPSA) is 46.2 Å². The van der Waals surface area contributed by atoms with Crippen LogP contribution < -0.4 is 23.7 Å². The maximum absolute atomic E-state index is 9.67. The highest BCUT2D eigenvalue weighted by molar-refractivity contribution is 7.60. The van der Waals surface area contributed by atoms with Crippen molar-refractivity contribution in [3.05, 3.63) is 57.7 Å². The third kappa shape index (κ3) is 10.2. The fourth-order valence-electron chi connectivity index (χ4n) is 7.39. The number of hydrogen-bond donors (Lipinski definition) is 0. The summed E-state index contributed by atoms with van der Waals surface area (Å²) in [5.74, 6) is 4.29. The molecule has 2 aliphatic rings. The van der Waals surface area contributed by atoms with Crippen molar-refractivity contribution in [2.45, 2.75) is 105 Å². The maximum Gasteiger partial charge on any atom is 0.762 e. The molecule has 5 nitrogen and oxygen atoms in total. The Hall–Kier alpha value is -2.71. The van der Waals surface area contributed by atoms with Crippen molar-refractivity contribution in [1.82, 2.24) is 0 Å². The Kier molecular flexibility index (Phi) is 19.7. The van der Waals surface area contributed by atoms with Gasteiger partial charge < -0.3 is 28.4 Å². The van der Waals surface area contributed by atoms with E-state index in [2.05, 4.69) is 75.3 Å². The number of benzene rings is 2. The molecule has 0 bridgehead atoms. The van der Waals surface area contributed by atoms with Crippen molar-refractivity contribution in [3.63, 3.8) is 0 Å². The van der Waals surface area contributed by atoms with Gasteiger partial charge in [-0.25, -0.2) is 0 Å². The number of ether oxygens (including phenoxy) is 5. The summed E-state index contributed by atoms with van der Waals surface area (Å²) in [5, 5.41) is 0.0757. The number of hydrogen-bond acceptors (Lipinski definition) is 5. The molecule has 278 valence electrons. The molecule has 2 aliphatic carbocycles. The lowest BCUT2D eigenvalue weighted by Gasteiger charge is -2.36. The van der Waals surface area contributed by atoms with Gasteiger partial charge in [0.1, 0.15) is 28.2 Å². The van der Waals surface area contributed by atoms with Crippen LogP contribution in [0.3, 0.4) is 0 Å². The van der Waals surface area contributed by atoms with Crippen LogP contribution in [0.2, 0.25) is 0 Å². The first-order valence-corrected chi connectivity index (χ1v) is 18.4. The standard InChI is InChI=1S/C20H31O2P.C14H18O2.C4H10O.BF3.FH/c1-12(2)23(13(3)4)20(7)15(6)14(5)18-16(21-8)10-11-17(22-9)19(18)20;1-8-9(2)13-11(15-4)6-7-12(16-5)14(13)10(8)3;1-3-5-4-2;2-1(3)4;/h10-13H,1-9H3;6-7,9H,1-5H3;3-4H2,1-2H3;;1H. The molecule has 0 amide bonds. The van der Waals surface area contributed by atoms with E-state index in [0.717, 1.165) is 36.2 Å². The molecule has 0 spiro atoms. The van der Waals surface area contributed by atoms with Crippen molar-refractivity contribution in [2.24, 2.45) is 0 Å². The lowest BCUT2D eigenvalue weighted by atomic mass is 9.96. The fraction of sp³-hybridized carbons (Fsp3) is 0.579. The molecule has 11 heteroatoms. The monoisotopic (exact) mass is 714 g/mol. The summed E-state index contributed by atoms with van der Waals surface area (Å²) in [4.78, 5) is 0. The Morgan fingerprint density at radius 3 is 1.47 bits per heavy atom. The zero-order valence-electron chi connectivity index (χ0n) is 32.6. The normalized spacial score (nSPS) is 17.2. The predicted octanol–water partition coefficient (Wildman–Crippen LogP) is 8.30. The molecule has 0 N–H and O–H groups in total. The van der Waals surface area contributed by atoms with E-state index >= 15 is 0 Å². The third-order valence-corrected chi connectivity index (χ3v) is 13.9. The second kappa shape index (κ2) is 20.8. The predicted molar refractivity (Wildman–Crippen MR) is 201 cm³/mol. The smallest absolute Gasteiger partial charge is 0.762 e. The number of allylic oxidation sites excluding steroid dienone is 4. The molecule has 2 unspecified atom stereocenters. The molecule has 0 fully saturated rings. The van der Waals surface area contributed by atoms with Crippen LogP contribution in [-0.2, 0) is 9.89 Å². The van der Waals surface area contributed by atoms with E-state index in [-0.39, 0.29) is 9.86 Å². The molecule has 0 radical (unpaired) electrons. The minimum atomic E-state index is -3.67. The van der Waals surface area contributed by atoms with Gasteiger partial charge in [0.25, 0.3) is 0 Å². The van der Waals surface area contributed by atoms with Gasteiger partial charge in [-0.1, -0.05) is 12.5 Å². The second-order valence-corrected chi connectivity index (χ2v) is 16.9. The summed E-state index contributed by atoms with van der Waals surface area (Å²) in [6.07, 6.45) is 0. The van der Waals surface area contributed by atoms with E-state index in [4.69, 9.17) is 23.7 Å². The first-order valence-electron chi connectivity index (χ1n) is 16.7. The van der Waals surface area contributed by atoms with Crippen LogP contribution in [0.5, 0.6) is 23.0 Å². The van der Waals surface area contributed by atoms with Crippen LogP contribution in [0.1, 0.15) is 111 Å². The molecule has 0 heterocycles. The Morgan fingerprint density at radius 2 is 1.10 bits per heavy atom. The first kappa shape index (κ1) is 46.3. The molecule has 0 saturated carbocycles. The fourth-order valence-corrected chi connectivity index (χ4v) is 12.2. The molecule has 0 saturated heterocycles. The Morgan fingerprint density at radius 1 is 0.714 bits per heavy atom. The number of fused-ring (bicyclic) bond motifs is 2. The van der Waals surface area contributed by atoms with Gasteiger partial charge in [-0.3, -0.25) is 12.9 Å². The highest BCUT2D eigenvalue weighted by Crippen LogP contribution is 2.71. The number of halogens is 4. The van der Waals surface area contributed by atoms with E-state index in [9.17, 15) is 12.9 Å². The van der Waals surface area contributed by atoms with Gasteiger partial charge in [0.2, 0.25) is 0 Å². The van der Waals surface area contributed by atoms with Crippen LogP contribution in [0.15, 0.2) is 35.4 Å². The summed E-state index contributed by atoms with van der Waals surface area (Å²) in [7, 11) is 2.61. The van der Waals surface area contributed by atoms with Gasteiger partial charge in [0.05, 0.1) is 45.3 Å². The summed E-state index contributed by atoms with van der Waals surface area (Å²) in [5.41, 5.74) is 12.0. The van der Waals surface area contributed by atoms with Crippen molar-refractivity contribution in [2.75, 3.05) is 41.7 Å². The Balaban J connectivity index is 0.000000766. The molecule has 2 aromatic carbocycles. The Labute approximate surface area is 295 Å². The lowest BCUT2D eigenvalue weighted by Crippen LogP contribution is -3.00. The quantitative estimate of drug-likeness (QED) is 0.149. The third-order valence-electron chi connectivity index (χ3n) is 9.64. The number of methoxy groups -OCH3 is 4. The molecule has 2 atom stereocenters.